The molecule has 0 radical (unpaired) electrons. The number of aromatic nitrogens is 1. The molecule has 0 aliphatic carbocycles. The molecule has 0 saturated carbocycles. The predicted molar refractivity (Wildman–Crippen MR) is 132 cm³/mol. The molecule has 0 fully saturated rings. The summed E-state index contributed by atoms with van der Waals surface area (Å²) in [7, 11) is 0. The highest BCUT2D eigenvalue weighted by Gasteiger charge is 2.23. The van der Waals surface area contributed by atoms with Gasteiger partial charge in [0.2, 0.25) is 5.78 Å². The van der Waals surface area contributed by atoms with Crippen LogP contribution in [0.25, 0.3) is 22.2 Å². The average Bonchev–Trinajstić information content (AvgIpc) is 2.83. The van der Waals surface area contributed by atoms with Crippen LogP contribution in [0.3, 0.4) is 0 Å². The maximum atomic E-state index is 13.3. The molecule has 0 amide bonds. The minimum atomic E-state index is -0.902. The zero-order valence-corrected chi connectivity index (χ0v) is 19.4. The monoisotopic (exact) mass is 437 g/mol. The van der Waals surface area contributed by atoms with E-state index >= 15 is 0 Å². The van der Waals surface area contributed by atoms with Crippen molar-refractivity contribution >= 4 is 22.7 Å². The van der Waals surface area contributed by atoms with Gasteiger partial charge < -0.3 is 4.74 Å². The Labute approximate surface area is 194 Å². The number of benzene rings is 3. The molecule has 1 aromatic heterocycles. The smallest absolute Gasteiger partial charge is 0.339 e. The molecule has 4 aromatic rings. The maximum Gasteiger partial charge on any atom is 0.339 e. The maximum absolute atomic E-state index is 13.3. The molecular weight excluding hydrogens is 410 g/mol. The first-order valence-electron chi connectivity index (χ1n) is 11.2. The molecule has 0 aliphatic heterocycles. The Balaban J connectivity index is 1.69. The second-order valence-corrected chi connectivity index (χ2v) is 8.40. The lowest BCUT2D eigenvalue weighted by molar-refractivity contribution is 0.0320. The Kier molecular flexibility index (Phi) is 6.36. The van der Waals surface area contributed by atoms with Crippen LogP contribution in [0.2, 0.25) is 0 Å². The number of rotatable bonds is 6. The third kappa shape index (κ3) is 4.85. The van der Waals surface area contributed by atoms with Gasteiger partial charge in [-0.2, -0.15) is 0 Å². The summed E-state index contributed by atoms with van der Waals surface area (Å²) in [4.78, 5) is 30.8. The van der Waals surface area contributed by atoms with Crippen molar-refractivity contribution in [1.29, 1.82) is 0 Å². The summed E-state index contributed by atoms with van der Waals surface area (Å²) in [6.07, 6.45) is 0.0513. The molecule has 4 heteroatoms. The number of hydrogen-bond acceptors (Lipinski definition) is 4. The number of pyridine rings is 1. The lowest BCUT2D eigenvalue weighted by Crippen LogP contribution is -2.24. The minimum absolute atomic E-state index is 0.228. The fourth-order valence-electron chi connectivity index (χ4n) is 3.80. The zero-order valence-electron chi connectivity index (χ0n) is 19.4. The lowest BCUT2D eigenvalue weighted by Gasteiger charge is -2.15. The van der Waals surface area contributed by atoms with Gasteiger partial charge >= 0.3 is 5.97 Å². The van der Waals surface area contributed by atoms with Gasteiger partial charge in [-0.15, -0.1) is 0 Å². The van der Waals surface area contributed by atoms with Crippen LogP contribution in [0.5, 0.6) is 0 Å². The van der Waals surface area contributed by atoms with Gasteiger partial charge in [0.05, 0.1) is 16.8 Å². The number of aryl methyl sites for hydroxylation is 3. The molecule has 1 atom stereocenters. The normalized spacial score (nSPS) is 11.9. The van der Waals surface area contributed by atoms with E-state index in [0.717, 1.165) is 23.1 Å². The second kappa shape index (κ2) is 9.37. The Morgan fingerprint density at radius 3 is 2.21 bits per heavy atom. The van der Waals surface area contributed by atoms with E-state index in [9.17, 15) is 9.59 Å². The third-order valence-electron chi connectivity index (χ3n) is 5.83. The van der Waals surface area contributed by atoms with Crippen molar-refractivity contribution in [2.24, 2.45) is 0 Å². The van der Waals surface area contributed by atoms with Crippen LogP contribution in [-0.2, 0) is 11.2 Å². The zero-order chi connectivity index (χ0) is 23.5. The van der Waals surface area contributed by atoms with Gasteiger partial charge in [-0.25, -0.2) is 9.78 Å². The Hall–Kier alpha value is -3.79. The fourth-order valence-corrected chi connectivity index (χ4v) is 3.80. The van der Waals surface area contributed by atoms with E-state index in [1.165, 1.54) is 5.56 Å². The number of hydrogen-bond donors (Lipinski definition) is 0. The van der Waals surface area contributed by atoms with Crippen LogP contribution < -0.4 is 0 Å². The van der Waals surface area contributed by atoms with Crippen LogP contribution in [0.1, 0.15) is 51.3 Å². The molecule has 0 unspecified atom stereocenters. The fraction of sp³-hybridized carbons (Fsp3) is 0.207. The molecule has 0 saturated heterocycles. The molecule has 4 nitrogen and oxygen atoms in total. The van der Waals surface area contributed by atoms with Gasteiger partial charge in [0, 0.05) is 16.5 Å². The highest BCUT2D eigenvalue weighted by atomic mass is 16.5. The van der Waals surface area contributed by atoms with E-state index in [0.29, 0.717) is 27.7 Å². The molecule has 0 spiro atoms. The molecule has 33 heavy (non-hydrogen) atoms. The Morgan fingerprint density at radius 2 is 1.55 bits per heavy atom. The number of Topliss-reactive ketones (excluding diaryl/α,β-unsaturated/α-hetero) is 1. The molecule has 0 bridgehead atoms. The van der Waals surface area contributed by atoms with Crippen molar-refractivity contribution in [3.05, 3.63) is 101 Å². The van der Waals surface area contributed by atoms with E-state index in [-0.39, 0.29) is 5.78 Å². The third-order valence-corrected chi connectivity index (χ3v) is 5.83. The Bertz CT molecular complexity index is 1320. The van der Waals surface area contributed by atoms with Crippen LogP contribution in [0.15, 0.2) is 72.8 Å². The number of carbonyl (C=O) groups excluding carboxylic acids is 2. The largest absolute Gasteiger partial charge is 0.451 e. The highest BCUT2D eigenvalue weighted by Crippen LogP contribution is 2.27. The molecule has 0 N–H and O–H groups in total. The summed E-state index contributed by atoms with van der Waals surface area (Å²) in [5, 5.41) is 0.712. The van der Waals surface area contributed by atoms with Gasteiger partial charge in [-0.1, -0.05) is 72.6 Å². The van der Waals surface area contributed by atoms with Gasteiger partial charge in [0.15, 0.2) is 6.10 Å². The van der Waals surface area contributed by atoms with Crippen LogP contribution in [-0.4, -0.2) is 22.8 Å². The van der Waals surface area contributed by atoms with Crippen LogP contribution >= 0.6 is 0 Å². The van der Waals surface area contributed by atoms with Gasteiger partial charge in [-0.3, -0.25) is 4.79 Å². The SMILES string of the molecule is CCc1ccc(-c2cc(C(=O)O[C@H](C)C(=O)c3ccc(C)cc3)c3cc(C)ccc3n2)cc1. The van der Waals surface area contributed by atoms with Gasteiger partial charge in [-0.05, 0) is 51.0 Å². The van der Waals surface area contributed by atoms with Crippen molar-refractivity contribution in [3.8, 4) is 11.3 Å². The molecule has 166 valence electrons. The quantitative estimate of drug-likeness (QED) is 0.255. The first-order chi connectivity index (χ1) is 15.9. The molecule has 4 rings (SSSR count). The van der Waals surface area contributed by atoms with Crippen LogP contribution in [0.4, 0.5) is 0 Å². The summed E-state index contributed by atoms with van der Waals surface area (Å²) in [6.45, 7) is 7.65. The number of ketones is 1. The van der Waals surface area contributed by atoms with E-state index in [1.807, 2.05) is 56.3 Å². The highest BCUT2D eigenvalue weighted by molar-refractivity contribution is 6.07. The predicted octanol–water partition coefficient (Wildman–Crippen LogP) is 6.51. The van der Waals surface area contributed by atoms with E-state index in [1.54, 1.807) is 25.1 Å². The lowest BCUT2D eigenvalue weighted by atomic mass is 10.0. The van der Waals surface area contributed by atoms with Gasteiger partial charge in [0.25, 0.3) is 0 Å². The second-order valence-electron chi connectivity index (χ2n) is 8.40. The summed E-state index contributed by atoms with van der Waals surface area (Å²) in [5.41, 5.74) is 6.57. The first-order valence-corrected chi connectivity index (χ1v) is 11.2. The molecule has 0 aliphatic rings. The number of ether oxygens (including phenoxy) is 1. The molecule has 3 aromatic carbocycles. The average molecular weight is 438 g/mol. The van der Waals surface area contributed by atoms with Gasteiger partial charge in [0.1, 0.15) is 0 Å². The number of fused-ring (bicyclic) bond motifs is 1. The molecule has 1 heterocycles. The summed E-state index contributed by atoms with van der Waals surface area (Å²) in [6, 6.07) is 23.0. The summed E-state index contributed by atoms with van der Waals surface area (Å²) < 4.78 is 5.64. The van der Waals surface area contributed by atoms with Crippen molar-refractivity contribution < 1.29 is 14.3 Å². The van der Waals surface area contributed by atoms with Crippen molar-refractivity contribution in [1.82, 2.24) is 4.98 Å². The topological polar surface area (TPSA) is 56.3 Å². The number of carbonyl (C=O) groups is 2. The first kappa shape index (κ1) is 22.4. The number of nitrogens with zero attached hydrogens (tertiary/aromatic N) is 1. The van der Waals surface area contributed by atoms with E-state index in [2.05, 4.69) is 19.1 Å². The van der Waals surface area contributed by atoms with Crippen molar-refractivity contribution in [2.75, 3.05) is 0 Å². The standard InChI is InChI=1S/C29H27NO3/c1-5-21-9-13-22(14-10-21)27-17-25(24-16-19(3)8-15-26(24)30-27)29(32)33-20(4)28(31)23-11-6-18(2)7-12-23/h6-17,20H,5H2,1-4H3/t20-/m1/s1. The number of esters is 1. The van der Waals surface area contributed by atoms with Crippen LogP contribution in [0, 0.1) is 13.8 Å². The van der Waals surface area contributed by atoms with Crippen molar-refractivity contribution in [2.45, 2.75) is 40.2 Å². The minimum Gasteiger partial charge on any atom is -0.451 e. The van der Waals surface area contributed by atoms with E-state index < -0.39 is 12.1 Å². The summed E-state index contributed by atoms with van der Waals surface area (Å²) in [5.74, 6) is -0.763. The van der Waals surface area contributed by atoms with E-state index in [4.69, 9.17) is 9.72 Å². The summed E-state index contributed by atoms with van der Waals surface area (Å²) >= 11 is 0. The Morgan fingerprint density at radius 1 is 0.879 bits per heavy atom. The molecular formula is C29H27NO3. The van der Waals surface area contributed by atoms with Crippen molar-refractivity contribution in [3.63, 3.8) is 0 Å².